The summed E-state index contributed by atoms with van der Waals surface area (Å²) in [6, 6.07) is 9.93. The molecule has 1 radical (unpaired) electrons. The van der Waals surface area contributed by atoms with Crippen molar-refractivity contribution < 1.29 is 0 Å². The molecule has 1 unspecified atom stereocenters. The van der Waals surface area contributed by atoms with Crippen LogP contribution >= 0.6 is 0 Å². The lowest BCUT2D eigenvalue weighted by atomic mass is 10.1. The van der Waals surface area contributed by atoms with E-state index in [1.165, 1.54) is 12.0 Å². The van der Waals surface area contributed by atoms with Gasteiger partial charge in [0.05, 0.1) is 11.6 Å². The monoisotopic (exact) mass is 142 g/mol. The third-order valence-electron chi connectivity index (χ3n) is 1.94. The number of nitrogens with zero attached hydrogens (tertiary/aromatic N) is 1. The summed E-state index contributed by atoms with van der Waals surface area (Å²) in [5.74, 6) is 0.669. The molecule has 53 valence electrons. The normalized spacial score (nSPS) is 15.9. The molecule has 0 bridgehead atoms. The summed E-state index contributed by atoms with van der Waals surface area (Å²) in [6.45, 7) is 0. The Bertz CT molecular complexity index is 288. The topological polar surface area (TPSA) is 23.8 Å². The molecule has 0 amide bonds. The van der Waals surface area contributed by atoms with E-state index in [-0.39, 0.29) is 0 Å². The average molecular weight is 142 g/mol. The minimum atomic E-state index is 0.669. The van der Waals surface area contributed by atoms with E-state index in [9.17, 15) is 0 Å². The molecule has 1 atom stereocenters. The largest absolute Gasteiger partial charge is 0.192 e. The van der Waals surface area contributed by atoms with Crippen molar-refractivity contribution in [3.63, 3.8) is 0 Å². The van der Waals surface area contributed by atoms with E-state index in [0.29, 0.717) is 5.92 Å². The fraction of sp³-hybridized carbons (Fsp3) is 0.200. The Morgan fingerprint density at radius 1 is 1.27 bits per heavy atom. The lowest BCUT2D eigenvalue weighted by Crippen LogP contribution is -1.78. The van der Waals surface area contributed by atoms with Crippen LogP contribution < -0.4 is 0 Å². The molecule has 0 spiro atoms. The first-order valence-electron chi connectivity index (χ1n) is 3.73. The zero-order valence-corrected chi connectivity index (χ0v) is 6.12. The average Bonchev–Trinajstić information content (AvgIpc) is 2.87. The van der Waals surface area contributed by atoms with E-state index in [1.54, 1.807) is 0 Å². The molecule has 0 heterocycles. The van der Waals surface area contributed by atoms with Crippen molar-refractivity contribution in [2.45, 2.75) is 12.3 Å². The Hall–Kier alpha value is -1.29. The van der Waals surface area contributed by atoms with Crippen LogP contribution in [0.1, 0.15) is 23.5 Å². The highest BCUT2D eigenvalue weighted by Gasteiger charge is 2.23. The van der Waals surface area contributed by atoms with Crippen molar-refractivity contribution in [1.29, 1.82) is 5.26 Å². The van der Waals surface area contributed by atoms with E-state index in [1.807, 2.05) is 24.3 Å². The lowest BCUT2D eigenvalue weighted by molar-refractivity contribution is 1.16. The molecule has 0 aromatic heterocycles. The maximum atomic E-state index is 8.52. The molecule has 11 heavy (non-hydrogen) atoms. The van der Waals surface area contributed by atoms with Crippen LogP contribution in [0.5, 0.6) is 0 Å². The lowest BCUT2D eigenvalue weighted by Gasteiger charge is -1.94. The highest BCUT2D eigenvalue weighted by atomic mass is 14.3. The zero-order valence-electron chi connectivity index (χ0n) is 6.12. The molecule has 1 aliphatic carbocycles. The zero-order chi connectivity index (χ0) is 7.68. The number of hydrogen-bond donors (Lipinski definition) is 0. The van der Waals surface area contributed by atoms with Crippen molar-refractivity contribution in [3.05, 3.63) is 41.8 Å². The van der Waals surface area contributed by atoms with Crippen molar-refractivity contribution in [2.75, 3.05) is 0 Å². The molecule has 1 saturated carbocycles. The Morgan fingerprint density at radius 3 is 2.36 bits per heavy atom. The first kappa shape index (κ1) is 6.42. The highest BCUT2D eigenvalue weighted by molar-refractivity contribution is 5.36. The maximum Gasteiger partial charge on any atom is 0.0991 e. The van der Waals surface area contributed by atoms with Crippen LogP contribution in [0.2, 0.25) is 0 Å². The highest BCUT2D eigenvalue weighted by Crippen LogP contribution is 2.38. The second kappa shape index (κ2) is 2.39. The summed E-state index contributed by atoms with van der Waals surface area (Å²) in [6.07, 6.45) is 3.47. The quantitative estimate of drug-likeness (QED) is 0.590. The van der Waals surface area contributed by atoms with Gasteiger partial charge < -0.3 is 0 Å². The van der Waals surface area contributed by atoms with Gasteiger partial charge in [-0.3, -0.25) is 0 Å². The van der Waals surface area contributed by atoms with Gasteiger partial charge in [-0.25, -0.2) is 0 Å². The van der Waals surface area contributed by atoms with Crippen LogP contribution in [0.15, 0.2) is 24.3 Å². The van der Waals surface area contributed by atoms with Gasteiger partial charge in [-0.2, -0.15) is 5.26 Å². The van der Waals surface area contributed by atoms with Gasteiger partial charge in [-0.15, -0.1) is 0 Å². The predicted octanol–water partition coefficient (Wildman–Crippen LogP) is 2.25. The Balaban J connectivity index is 2.27. The summed E-state index contributed by atoms with van der Waals surface area (Å²) in [5.41, 5.74) is 2.08. The molecule has 2 rings (SSSR count). The minimum Gasteiger partial charge on any atom is -0.192 e. The van der Waals surface area contributed by atoms with E-state index in [2.05, 4.69) is 12.5 Å². The third-order valence-corrected chi connectivity index (χ3v) is 1.94. The SMILES string of the molecule is N#Cc1ccc(C2[CH]C2)cc1. The fourth-order valence-corrected chi connectivity index (χ4v) is 1.15. The van der Waals surface area contributed by atoms with Gasteiger partial charge in [-0.05, 0) is 36.5 Å². The van der Waals surface area contributed by atoms with Crippen LogP contribution in [0.4, 0.5) is 0 Å². The standard InChI is InChI=1S/C10H8N/c11-7-8-1-3-9(4-2-8)10-5-6-10/h1-5,10H,6H2. The van der Waals surface area contributed by atoms with Gasteiger partial charge in [0, 0.05) is 0 Å². The van der Waals surface area contributed by atoms with Gasteiger partial charge in [0.1, 0.15) is 0 Å². The van der Waals surface area contributed by atoms with Crippen molar-refractivity contribution in [1.82, 2.24) is 0 Å². The van der Waals surface area contributed by atoms with Crippen LogP contribution in [0.3, 0.4) is 0 Å². The van der Waals surface area contributed by atoms with Crippen LogP contribution in [-0.2, 0) is 0 Å². The van der Waals surface area contributed by atoms with E-state index < -0.39 is 0 Å². The third kappa shape index (κ3) is 1.25. The number of hydrogen-bond acceptors (Lipinski definition) is 1. The molecule has 1 aliphatic rings. The molecule has 1 nitrogen and oxygen atoms in total. The molecule has 1 aromatic carbocycles. The molecule has 1 aromatic rings. The van der Waals surface area contributed by atoms with Crippen molar-refractivity contribution >= 4 is 0 Å². The predicted molar refractivity (Wildman–Crippen MR) is 42.8 cm³/mol. The van der Waals surface area contributed by atoms with Gasteiger partial charge >= 0.3 is 0 Å². The number of benzene rings is 1. The van der Waals surface area contributed by atoms with Crippen molar-refractivity contribution in [2.24, 2.45) is 0 Å². The van der Waals surface area contributed by atoms with Crippen LogP contribution in [0, 0.1) is 17.8 Å². The number of nitriles is 1. The van der Waals surface area contributed by atoms with E-state index in [4.69, 9.17) is 5.26 Å². The summed E-state index contributed by atoms with van der Waals surface area (Å²) in [7, 11) is 0. The Kier molecular flexibility index (Phi) is 1.40. The van der Waals surface area contributed by atoms with E-state index >= 15 is 0 Å². The van der Waals surface area contributed by atoms with Crippen LogP contribution in [0.25, 0.3) is 0 Å². The molecule has 0 aliphatic heterocycles. The smallest absolute Gasteiger partial charge is 0.0991 e. The second-order valence-electron chi connectivity index (χ2n) is 2.81. The molecular formula is C10H8N. The molecule has 0 N–H and O–H groups in total. The summed E-state index contributed by atoms with van der Waals surface area (Å²) >= 11 is 0. The summed E-state index contributed by atoms with van der Waals surface area (Å²) < 4.78 is 0. The van der Waals surface area contributed by atoms with E-state index in [0.717, 1.165) is 5.56 Å². The number of rotatable bonds is 1. The van der Waals surface area contributed by atoms with Gasteiger partial charge in [0.15, 0.2) is 0 Å². The molecular weight excluding hydrogens is 134 g/mol. The first-order valence-corrected chi connectivity index (χ1v) is 3.73. The fourth-order valence-electron chi connectivity index (χ4n) is 1.15. The van der Waals surface area contributed by atoms with Crippen molar-refractivity contribution in [3.8, 4) is 6.07 Å². The molecule has 1 heteroatoms. The molecule has 1 fully saturated rings. The first-order chi connectivity index (χ1) is 5.40. The Labute approximate surface area is 66.3 Å². The van der Waals surface area contributed by atoms with Gasteiger partial charge in [0.25, 0.3) is 0 Å². The molecule has 0 saturated heterocycles. The summed E-state index contributed by atoms with van der Waals surface area (Å²) in [4.78, 5) is 0. The second-order valence-corrected chi connectivity index (χ2v) is 2.81. The van der Waals surface area contributed by atoms with Gasteiger partial charge in [-0.1, -0.05) is 12.1 Å². The minimum absolute atomic E-state index is 0.669. The van der Waals surface area contributed by atoms with Gasteiger partial charge in [0.2, 0.25) is 0 Å². The summed E-state index contributed by atoms with van der Waals surface area (Å²) in [5, 5.41) is 8.52. The maximum absolute atomic E-state index is 8.52. The van der Waals surface area contributed by atoms with Crippen LogP contribution in [-0.4, -0.2) is 0 Å². The Morgan fingerprint density at radius 2 is 1.91 bits per heavy atom.